The van der Waals surface area contributed by atoms with Crippen LogP contribution in [0.15, 0.2) is 12.3 Å². The van der Waals surface area contributed by atoms with Gasteiger partial charge in [0.05, 0.1) is 17.4 Å². The summed E-state index contributed by atoms with van der Waals surface area (Å²) in [7, 11) is 0. The van der Waals surface area contributed by atoms with Gasteiger partial charge in [0, 0.05) is 45.2 Å². The van der Waals surface area contributed by atoms with Crippen molar-refractivity contribution in [2.24, 2.45) is 5.92 Å². The predicted octanol–water partition coefficient (Wildman–Crippen LogP) is 1.32. The normalized spacial score (nSPS) is 17.9. The zero-order valence-electron chi connectivity index (χ0n) is 15.0. The standard InChI is InChI=1S/C18H27N5O2/c1-13(2)17(24)21-14-11-15(18(25)23-7-3-4-8-23)16(20-12-14)22-9-5-19-6-10-22/h11-13,19H,3-10H2,1-2H3,(H,21,24). The Labute approximate surface area is 148 Å². The lowest BCUT2D eigenvalue weighted by Crippen LogP contribution is -2.45. The molecule has 0 atom stereocenters. The number of pyridine rings is 1. The first-order chi connectivity index (χ1) is 12.1. The molecule has 0 spiro atoms. The maximum Gasteiger partial charge on any atom is 0.257 e. The van der Waals surface area contributed by atoms with Crippen LogP contribution in [0.25, 0.3) is 0 Å². The molecule has 0 unspecified atom stereocenters. The third-order valence-electron chi connectivity index (χ3n) is 4.70. The number of hydrogen-bond acceptors (Lipinski definition) is 5. The molecule has 2 N–H and O–H groups in total. The van der Waals surface area contributed by atoms with Crippen molar-refractivity contribution in [2.75, 3.05) is 49.5 Å². The van der Waals surface area contributed by atoms with Gasteiger partial charge in [0.2, 0.25) is 5.91 Å². The van der Waals surface area contributed by atoms with Crippen LogP contribution in [0.1, 0.15) is 37.0 Å². The van der Waals surface area contributed by atoms with Crippen LogP contribution in [-0.2, 0) is 4.79 Å². The SMILES string of the molecule is CC(C)C(=O)Nc1cnc(N2CCNCC2)c(C(=O)N2CCCC2)c1. The van der Waals surface area contributed by atoms with Crippen LogP contribution in [-0.4, -0.2) is 61.0 Å². The predicted molar refractivity (Wildman–Crippen MR) is 97.9 cm³/mol. The molecule has 1 aromatic heterocycles. The summed E-state index contributed by atoms with van der Waals surface area (Å²) in [6.07, 6.45) is 3.75. The fourth-order valence-corrected chi connectivity index (χ4v) is 3.19. The number of amides is 2. The highest BCUT2D eigenvalue weighted by Crippen LogP contribution is 2.25. The molecule has 2 aliphatic rings. The van der Waals surface area contributed by atoms with Crippen molar-refractivity contribution in [3.05, 3.63) is 17.8 Å². The topological polar surface area (TPSA) is 77.6 Å². The minimum Gasteiger partial charge on any atom is -0.353 e. The molecule has 3 heterocycles. The van der Waals surface area contributed by atoms with Crippen molar-refractivity contribution in [3.8, 4) is 0 Å². The van der Waals surface area contributed by atoms with Gasteiger partial charge >= 0.3 is 0 Å². The minimum absolute atomic E-state index is 0.0131. The number of piperazine rings is 1. The van der Waals surface area contributed by atoms with Crippen LogP contribution < -0.4 is 15.5 Å². The van der Waals surface area contributed by atoms with E-state index >= 15 is 0 Å². The number of rotatable bonds is 4. The Morgan fingerprint density at radius 1 is 1.16 bits per heavy atom. The van der Waals surface area contributed by atoms with Gasteiger partial charge in [-0.2, -0.15) is 0 Å². The molecule has 1 aromatic rings. The van der Waals surface area contributed by atoms with Gasteiger partial charge in [-0.1, -0.05) is 13.8 Å². The van der Waals surface area contributed by atoms with E-state index in [1.54, 1.807) is 12.3 Å². The zero-order chi connectivity index (χ0) is 17.8. The van der Waals surface area contributed by atoms with Crippen LogP contribution in [0.5, 0.6) is 0 Å². The number of hydrogen-bond donors (Lipinski definition) is 2. The van der Waals surface area contributed by atoms with Crippen molar-refractivity contribution in [2.45, 2.75) is 26.7 Å². The van der Waals surface area contributed by atoms with Gasteiger partial charge in [-0.05, 0) is 18.9 Å². The molecule has 25 heavy (non-hydrogen) atoms. The van der Waals surface area contributed by atoms with Gasteiger partial charge in [0.15, 0.2) is 0 Å². The van der Waals surface area contributed by atoms with Gasteiger partial charge in [0.25, 0.3) is 5.91 Å². The van der Waals surface area contributed by atoms with Gasteiger partial charge in [-0.15, -0.1) is 0 Å². The highest BCUT2D eigenvalue weighted by molar-refractivity contribution is 6.01. The molecule has 0 aromatic carbocycles. The molecule has 2 amide bonds. The lowest BCUT2D eigenvalue weighted by molar-refractivity contribution is -0.118. The van der Waals surface area contributed by atoms with Gasteiger partial charge < -0.3 is 20.4 Å². The number of carbonyl (C=O) groups is 2. The summed E-state index contributed by atoms with van der Waals surface area (Å²) < 4.78 is 0. The van der Waals surface area contributed by atoms with Crippen LogP contribution in [0.2, 0.25) is 0 Å². The molecular weight excluding hydrogens is 318 g/mol. The Hall–Kier alpha value is -2.15. The van der Waals surface area contributed by atoms with E-state index in [9.17, 15) is 9.59 Å². The molecule has 2 fully saturated rings. The largest absolute Gasteiger partial charge is 0.353 e. The Morgan fingerprint density at radius 3 is 2.48 bits per heavy atom. The fourth-order valence-electron chi connectivity index (χ4n) is 3.19. The highest BCUT2D eigenvalue weighted by atomic mass is 16.2. The third-order valence-corrected chi connectivity index (χ3v) is 4.70. The van der Waals surface area contributed by atoms with Crippen LogP contribution in [0.3, 0.4) is 0 Å². The minimum atomic E-state index is -0.120. The average Bonchev–Trinajstić information content (AvgIpc) is 3.16. The first-order valence-corrected chi connectivity index (χ1v) is 9.12. The van der Waals surface area contributed by atoms with E-state index < -0.39 is 0 Å². The number of aromatic nitrogens is 1. The molecule has 0 saturated carbocycles. The fraction of sp³-hybridized carbons (Fsp3) is 0.611. The molecule has 3 rings (SSSR count). The highest BCUT2D eigenvalue weighted by Gasteiger charge is 2.26. The number of nitrogens with zero attached hydrogens (tertiary/aromatic N) is 3. The van der Waals surface area contributed by atoms with E-state index in [1.165, 1.54) is 0 Å². The number of anilines is 2. The molecule has 0 radical (unpaired) electrons. The molecule has 2 aliphatic heterocycles. The molecule has 0 bridgehead atoms. The second-order valence-electron chi connectivity index (χ2n) is 6.98. The van der Waals surface area contributed by atoms with E-state index in [1.807, 2.05) is 18.7 Å². The first-order valence-electron chi connectivity index (χ1n) is 9.12. The van der Waals surface area contributed by atoms with E-state index in [2.05, 4.69) is 20.5 Å². The number of nitrogens with one attached hydrogen (secondary N) is 2. The molecule has 136 valence electrons. The lowest BCUT2D eigenvalue weighted by atomic mass is 10.1. The Morgan fingerprint density at radius 2 is 1.84 bits per heavy atom. The van der Waals surface area contributed by atoms with E-state index in [0.29, 0.717) is 11.3 Å². The Balaban J connectivity index is 1.90. The summed E-state index contributed by atoms with van der Waals surface area (Å²) in [5.74, 6) is 0.544. The summed E-state index contributed by atoms with van der Waals surface area (Å²) in [6.45, 7) is 8.68. The van der Waals surface area contributed by atoms with Crippen molar-refractivity contribution >= 4 is 23.3 Å². The van der Waals surface area contributed by atoms with Gasteiger partial charge in [-0.25, -0.2) is 4.98 Å². The summed E-state index contributed by atoms with van der Waals surface area (Å²) in [4.78, 5) is 33.6. The monoisotopic (exact) mass is 345 g/mol. The van der Waals surface area contributed by atoms with Crippen LogP contribution in [0, 0.1) is 5.92 Å². The first kappa shape index (κ1) is 17.7. The molecule has 7 heteroatoms. The van der Waals surface area contributed by atoms with Crippen molar-refractivity contribution in [3.63, 3.8) is 0 Å². The molecule has 0 aliphatic carbocycles. The Bertz CT molecular complexity index is 634. The Kier molecular flexibility index (Phi) is 5.53. The van der Waals surface area contributed by atoms with Gasteiger partial charge in [0.1, 0.15) is 5.82 Å². The smallest absolute Gasteiger partial charge is 0.257 e. The van der Waals surface area contributed by atoms with Crippen molar-refractivity contribution < 1.29 is 9.59 Å². The van der Waals surface area contributed by atoms with Crippen LogP contribution >= 0.6 is 0 Å². The van der Waals surface area contributed by atoms with E-state index in [0.717, 1.165) is 57.9 Å². The second-order valence-corrected chi connectivity index (χ2v) is 6.98. The van der Waals surface area contributed by atoms with Crippen molar-refractivity contribution in [1.82, 2.24) is 15.2 Å². The number of likely N-dealkylation sites (tertiary alicyclic amines) is 1. The van der Waals surface area contributed by atoms with Crippen LogP contribution in [0.4, 0.5) is 11.5 Å². The number of carbonyl (C=O) groups excluding carboxylic acids is 2. The lowest BCUT2D eigenvalue weighted by Gasteiger charge is -2.30. The second kappa shape index (κ2) is 7.82. The zero-order valence-corrected chi connectivity index (χ0v) is 15.0. The summed E-state index contributed by atoms with van der Waals surface area (Å²) in [5, 5.41) is 6.17. The van der Waals surface area contributed by atoms with Gasteiger partial charge in [-0.3, -0.25) is 9.59 Å². The summed E-state index contributed by atoms with van der Waals surface area (Å²) in [5.41, 5.74) is 1.17. The quantitative estimate of drug-likeness (QED) is 0.861. The van der Waals surface area contributed by atoms with Crippen molar-refractivity contribution in [1.29, 1.82) is 0 Å². The molecular formula is C18H27N5O2. The summed E-state index contributed by atoms with van der Waals surface area (Å²) >= 11 is 0. The average molecular weight is 345 g/mol. The maximum absolute atomic E-state index is 13.0. The summed E-state index contributed by atoms with van der Waals surface area (Å²) in [6, 6.07) is 1.78. The van der Waals surface area contributed by atoms with E-state index in [4.69, 9.17) is 0 Å². The molecule has 7 nitrogen and oxygen atoms in total. The maximum atomic E-state index is 13.0. The third kappa shape index (κ3) is 4.10. The molecule has 2 saturated heterocycles. The van der Waals surface area contributed by atoms with E-state index in [-0.39, 0.29) is 17.7 Å².